The topological polar surface area (TPSA) is 165 Å². The van der Waals surface area contributed by atoms with Gasteiger partial charge in [-0.1, -0.05) is 116 Å². The smallest absolute Gasteiger partial charge is 0.306 e. The van der Waals surface area contributed by atoms with Crippen molar-refractivity contribution in [3.05, 3.63) is 93.0 Å². The minimum atomic E-state index is -0.866. The Labute approximate surface area is 361 Å². The minimum Gasteiger partial charge on any atom is -0.505 e. The molecule has 0 saturated carbocycles. The van der Waals surface area contributed by atoms with Crippen molar-refractivity contribution in [1.29, 1.82) is 0 Å². The zero-order chi connectivity index (χ0) is 43.8. The molecule has 0 atom stereocenters. The van der Waals surface area contributed by atoms with Crippen molar-refractivity contribution in [2.24, 2.45) is 0 Å². The first kappa shape index (κ1) is 45.9. The van der Waals surface area contributed by atoms with E-state index in [0.29, 0.717) is 62.9 Å². The van der Waals surface area contributed by atoms with Gasteiger partial charge in [0.2, 0.25) is 0 Å². The number of halogens is 2. The standard InChI is InChI=1S/C27H36ClN3O3.C19H20ClN3O3/c1-5-6-7-8-9-10-15-34-25(32)14-11-19-16-21(27(2,3)4)26(33)24(17-19)31-29-22-13-12-20(28)18-23(22)30-31;1-19(2,3)13-8-11(4-7-17(24)25)9-16(18(13)26)23-21-14-6-5-12(20)10-15(14)22-23/h12-13,16-18,33H,5-11,14-15H2,1-4H3;5-6,8-10,26H,4,7H2,1-3H3,(H,24,25). The number of fused-ring (bicyclic) bond motifs is 2. The predicted molar refractivity (Wildman–Crippen MR) is 237 cm³/mol. The van der Waals surface area contributed by atoms with Gasteiger partial charge in [0.25, 0.3) is 0 Å². The van der Waals surface area contributed by atoms with Gasteiger partial charge in [0.15, 0.2) is 0 Å². The molecule has 0 aliphatic carbocycles. The number of nitrogens with zero attached hydrogens (tertiary/aromatic N) is 6. The summed E-state index contributed by atoms with van der Waals surface area (Å²) in [6.07, 6.45) is 8.12. The summed E-state index contributed by atoms with van der Waals surface area (Å²) in [6.45, 7) is 14.8. The molecule has 60 heavy (non-hydrogen) atoms. The Kier molecular flexibility index (Phi) is 15.2. The fraction of sp³-hybridized carbons (Fsp3) is 0.435. The molecule has 6 aromatic rings. The molecule has 0 fully saturated rings. The van der Waals surface area contributed by atoms with E-state index in [1.807, 2.05) is 59.7 Å². The average Bonchev–Trinajstić information content (AvgIpc) is 3.79. The lowest BCUT2D eigenvalue weighted by Gasteiger charge is -2.23. The highest BCUT2D eigenvalue weighted by Gasteiger charge is 2.25. The Morgan fingerprint density at radius 3 is 1.50 bits per heavy atom. The zero-order valence-electron chi connectivity index (χ0n) is 35.6. The summed E-state index contributed by atoms with van der Waals surface area (Å²) in [7, 11) is 0. The zero-order valence-corrected chi connectivity index (χ0v) is 37.1. The number of esters is 1. The summed E-state index contributed by atoms with van der Waals surface area (Å²) in [4.78, 5) is 26.0. The van der Waals surface area contributed by atoms with E-state index in [4.69, 9.17) is 33.0 Å². The molecular weight excluding hydrogens is 803 g/mol. The highest BCUT2D eigenvalue weighted by Crippen LogP contribution is 2.38. The number of aromatic hydroxyl groups is 2. The quantitative estimate of drug-likeness (QED) is 0.0668. The molecular formula is C46H56Cl2N6O6. The number of hydrogen-bond acceptors (Lipinski definition) is 9. The van der Waals surface area contributed by atoms with Crippen molar-refractivity contribution in [3.8, 4) is 22.9 Å². The molecule has 0 radical (unpaired) electrons. The van der Waals surface area contributed by atoms with Crippen LogP contribution in [0, 0.1) is 0 Å². The first-order valence-electron chi connectivity index (χ1n) is 20.5. The van der Waals surface area contributed by atoms with E-state index < -0.39 is 5.97 Å². The van der Waals surface area contributed by atoms with Gasteiger partial charge in [-0.05, 0) is 89.8 Å². The van der Waals surface area contributed by atoms with E-state index in [2.05, 4.69) is 27.3 Å². The molecule has 0 aliphatic heterocycles. The Balaban J connectivity index is 0.000000236. The fourth-order valence-electron chi connectivity index (χ4n) is 6.72. The Bertz CT molecular complexity index is 2450. The second-order valence-electron chi connectivity index (χ2n) is 17.1. The number of aliphatic carboxylic acids is 1. The van der Waals surface area contributed by atoms with Crippen LogP contribution in [0.2, 0.25) is 10.0 Å². The number of aromatic nitrogens is 6. The van der Waals surface area contributed by atoms with Gasteiger partial charge in [-0.3, -0.25) is 9.59 Å². The van der Waals surface area contributed by atoms with Crippen molar-refractivity contribution in [3.63, 3.8) is 0 Å². The number of carboxylic acid groups (broad SMARTS) is 1. The number of unbranched alkanes of at least 4 members (excludes halogenated alkanes) is 5. The lowest BCUT2D eigenvalue weighted by molar-refractivity contribution is -0.143. The number of benzene rings is 4. The molecule has 6 rings (SSSR count). The maximum atomic E-state index is 12.3. The molecule has 2 aromatic heterocycles. The van der Waals surface area contributed by atoms with E-state index in [1.54, 1.807) is 42.5 Å². The predicted octanol–water partition coefficient (Wildman–Crippen LogP) is 11.0. The van der Waals surface area contributed by atoms with Crippen LogP contribution in [0.1, 0.15) is 122 Å². The molecule has 320 valence electrons. The molecule has 4 aromatic carbocycles. The highest BCUT2D eigenvalue weighted by molar-refractivity contribution is 6.31. The lowest BCUT2D eigenvalue weighted by Crippen LogP contribution is -2.14. The first-order valence-corrected chi connectivity index (χ1v) is 21.3. The van der Waals surface area contributed by atoms with Crippen molar-refractivity contribution in [1.82, 2.24) is 30.0 Å². The Hall–Kier alpha value is -5.20. The van der Waals surface area contributed by atoms with Crippen molar-refractivity contribution in [2.45, 2.75) is 124 Å². The summed E-state index contributed by atoms with van der Waals surface area (Å²) in [5, 5.41) is 49.8. The van der Waals surface area contributed by atoms with Crippen LogP contribution >= 0.6 is 23.2 Å². The third-order valence-electron chi connectivity index (χ3n) is 10.0. The second-order valence-corrected chi connectivity index (χ2v) is 18.0. The van der Waals surface area contributed by atoms with Crippen LogP contribution < -0.4 is 0 Å². The fourth-order valence-corrected chi connectivity index (χ4v) is 7.05. The average molecular weight is 860 g/mol. The van der Waals surface area contributed by atoms with Gasteiger partial charge in [0.1, 0.15) is 44.9 Å². The third-order valence-corrected chi connectivity index (χ3v) is 10.5. The van der Waals surface area contributed by atoms with Gasteiger partial charge in [0, 0.05) is 34.0 Å². The maximum absolute atomic E-state index is 12.3. The summed E-state index contributed by atoms with van der Waals surface area (Å²) < 4.78 is 5.43. The molecule has 0 spiro atoms. The Morgan fingerprint density at radius 1 is 0.617 bits per heavy atom. The normalized spacial score (nSPS) is 11.8. The third kappa shape index (κ3) is 12.2. The van der Waals surface area contributed by atoms with E-state index in [0.717, 1.165) is 35.1 Å². The highest BCUT2D eigenvalue weighted by atomic mass is 35.5. The minimum absolute atomic E-state index is 0.0118. The monoisotopic (exact) mass is 858 g/mol. The maximum Gasteiger partial charge on any atom is 0.306 e. The molecule has 0 saturated heterocycles. The van der Waals surface area contributed by atoms with E-state index >= 15 is 0 Å². The van der Waals surface area contributed by atoms with Crippen LogP contribution in [0.4, 0.5) is 0 Å². The number of carboxylic acids is 1. The second kappa shape index (κ2) is 19.9. The van der Waals surface area contributed by atoms with E-state index in [-0.39, 0.29) is 41.1 Å². The molecule has 0 unspecified atom stereocenters. The summed E-state index contributed by atoms with van der Waals surface area (Å²) in [5.74, 6) is -0.844. The van der Waals surface area contributed by atoms with Crippen LogP contribution in [0.25, 0.3) is 33.4 Å². The van der Waals surface area contributed by atoms with Gasteiger partial charge in [-0.25, -0.2) is 0 Å². The number of carbonyl (C=O) groups excluding carboxylic acids is 1. The molecule has 0 bridgehead atoms. The van der Waals surface area contributed by atoms with Gasteiger partial charge < -0.3 is 20.1 Å². The number of rotatable bonds is 15. The van der Waals surface area contributed by atoms with Gasteiger partial charge >= 0.3 is 11.9 Å². The van der Waals surface area contributed by atoms with Crippen molar-refractivity contribution >= 4 is 57.2 Å². The summed E-state index contributed by atoms with van der Waals surface area (Å²) in [5.41, 5.74) is 6.11. The number of hydrogen-bond donors (Lipinski definition) is 3. The number of phenols is 2. The van der Waals surface area contributed by atoms with Gasteiger partial charge in [0.05, 0.1) is 6.61 Å². The number of aryl methyl sites for hydroxylation is 2. The van der Waals surface area contributed by atoms with Crippen LogP contribution in [-0.2, 0) is 38.0 Å². The van der Waals surface area contributed by atoms with Crippen LogP contribution in [0.5, 0.6) is 11.5 Å². The van der Waals surface area contributed by atoms with Gasteiger partial charge in [-0.15, -0.1) is 30.0 Å². The molecule has 14 heteroatoms. The van der Waals surface area contributed by atoms with E-state index in [1.165, 1.54) is 35.3 Å². The first-order chi connectivity index (χ1) is 28.3. The lowest BCUT2D eigenvalue weighted by atomic mass is 9.84. The summed E-state index contributed by atoms with van der Waals surface area (Å²) in [6, 6.07) is 17.9. The molecule has 2 heterocycles. The van der Waals surface area contributed by atoms with Gasteiger partial charge in [-0.2, -0.15) is 0 Å². The van der Waals surface area contributed by atoms with Crippen LogP contribution in [0.15, 0.2) is 60.7 Å². The molecule has 12 nitrogen and oxygen atoms in total. The largest absolute Gasteiger partial charge is 0.505 e. The SMILES string of the molecule is CC(C)(C)c1cc(CCC(=O)O)cc(-n2nc3ccc(Cl)cc3n2)c1O.CCCCCCCCOC(=O)CCc1cc(-n2nc3ccc(Cl)cc3n2)c(O)c(C(C)(C)C)c1. The van der Waals surface area contributed by atoms with Crippen molar-refractivity contribution < 1.29 is 29.6 Å². The number of phenolic OH excluding ortho intramolecular Hbond substituents is 2. The number of carbonyl (C=O) groups is 2. The van der Waals surface area contributed by atoms with Crippen LogP contribution in [0.3, 0.4) is 0 Å². The summed E-state index contributed by atoms with van der Waals surface area (Å²) >= 11 is 12.1. The Morgan fingerprint density at radius 2 is 1.05 bits per heavy atom. The van der Waals surface area contributed by atoms with E-state index in [9.17, 15) is 19.8 Å². The van der Waals surface area contributed by atoms with Crippen molar-refractivity contribution in [2.75, 3.05) is 6.61 Å². The van der Waals surface area contributed by atoms with Crippen LogP contribution in [-0.4, -0.2) is 63.9 Å². The molecule has 0 amide bonds. The molecule has 0 aliphatic rings. The molecule has 3 N–H and O–H groups in total. The number of ether oxygens (including phenoxy) is 1.